The molecule has 1 saturated carbocycles. The van der Waals surface area contributed by atoms with E-state index in [4.69, 9.17) is 4.74 Å². The molecule has 7 nitrogen and oxygen atoms in total. The highest BCUT2D eigenvalue weighted by molar-refractivity contribution is 5.76. The van der Waals surface area contributed by atoms with Gasteiger partial charge in [-0.15, -0.1) is 10.2 Å². The van der Waals surface area contributed by atoms with Crippen LogP contribution in [0.15, 0.2) is 30.6 Å². The molecule has 126 valence electrons. The number of nitrogens with zero attached hydrogens (tertiary/aromatic N) is 5. The van der Waals surface area contributed by atoms with Crippen molar-refractivity contribution >= 4 is 5.91 Å². The van der Waals surface area contributed by atoms with E-state index in [0.717, 1.165) is 32.4 Å². The van der Waals surface area contributed by atoms with E-state index in [9.17, 15) is 4.79 Å². The molecule has 0 spiro atoms. The van der Waals surface area contributed by atoms with Gasteiger partial charge in [-0.2, -0.15) is 5.10 Å². The Morgan fingerprint density at radius 3 is 2.62 bits per heavy atom. The number of aromatic nitrogens is 4. The lowest BCUT2D eigenvalue weighted by molar-refractivity contribution is -0.133. The van der Waals surface area contributed by atoms with Gasteiger partial charge in [0.2, 0.25) is 11.8 Å². The average Bonchev–Trinajstić information content (AvgIpc) is 3.25. The third kappa shape index (κ3) is 3.55. The molecule has 2 aromatic rings. The molecular weight excluding hydrogens is 306 g/mol. The molecule has 2 fully saturated rings. The van der Waals surface area contributed by atoms with E-state index in [0.29, 0.717) is 23.5 Å². The lowest BCUT2D eigenvalue weighted by Gasteiger charge is -2.32. The van der Waals surface area contributed by atoms with Crippen LogP contribution in [0.1, 0.15) is 32.1 Å². The van der Waals surface area contributed by atoms with Gasteiger partial charge in [0, 0.05) is 50.8 Å². The third-order valence-corrected chi connectivity index (χ3v) is 4.61. The molecule has 0 atom stereocenters. The fraction of sp³-hybridized carbons (Fsp3) is 0.529. The monoisotopic (exact) mass is 327 g/mol. The molecule has 0 aromatic carbocycles. The molecule has 0 radical (unpaired) electrons. The smallest absolute Gasteiger partial charge is 0.233 e. The molecule has 1 amide bonds. The van der Waals surface area contributed by atoms with Crippen molar-refractivity contribution in [3.05, 3.63) is 30.6 Å². The number of ether oxygens (including phenoxy) is 1. The van der Waals surface area contributed by atoms with Gasteiger partial charge >= 0.3 is 0 Å². The fourth-order valence-corrected chi connectivity index (χ4v) is 2.99. The van der Waals surface area contributed by atoms with Crippen molar-refractivity contribution in [2.45, 2.75) is 38.2 Å². The van der Waals surface area contributed by atoms with Gasteiger partial charge in [0.15, 0.2) is 5.82 Å². The van der Waals surface area contributed by atoms with E-state index < -0.39 is 0 Å². The van der Waals surface area contributed by atoms with Crippen molar-refractivity contribution in [2.24, 2.45) is 5.92 Å². The van der Waals surface area contributed by atoms with Crippen molar-refractivity contribution in [2.75, 3.05) is 13.1 Å². The first kappa shape index (κ1) is 15.1. The van der Waals surface area contributed by atoms with E-state index >= 15 is 0 Å². The van der Waals surface area contributed by atoms with Crippen LogP contribution in [-0.2, 0) is 4.79 Å². The molecule has 1 saturated heterocycles. The predicted molar refractivity (Wildman–Crippen MR) is 86.7 cm³/mol. The summed E-state index contributed by atoms with van der Waals surface area (Å²) in [6.07, 6.45) is 8.48. The zero-order chi connectivity index (χ0) is 16.4. The van der Waals surface area contributed by atoms with Crippen LogP contribution in [0.25, 0.3) is 5.82 Å². The van der Waals surface area contributed by atoms with Crippen LogP contribution >= 0.6 is 0 Å². The van der Waals surface area contributed by atoms with Crippen LogP contribution in [0.5, 0.6) is 5.88 Å². The zero-order valence-corrected chi connectivity index (χ0v) is 13.5. The molecule has 0 N–H and O–H groups in total. The lowest BCUT2D eigenvalue weighted by Crippen LogP contribution is -2.42. The second-order valence-electron chi connectivity index (χ2n) is 6.53. The second-order valence-corrected chi connectivity index (χ2v) is 6.53. The summed E-state index contributed by atoms with van der Waals surface area (Å²) in [4.78, 5) is 14.1. The molecule has 0 bridgehead atoms. The Morgan fingerprint density at radius 2 is 2.00 bits per heavy atom. The Morgan fingerprint density at radius 1 is 1.17 bits per heavy atom. The van der Waals surface area contributed by atoms with Crippen LogP contribution in [0.2, 0.25) is 0 Å². The summed E-state index contributed by atoms with van der Waals surface area (Å²) in [7, 11) is 0. The number of amides is 1. The first-order chi connectivity index (χ1) is 11.8. The SMILES string of the molecule is O=C(CC1CC1)N1CCC(Oc2ccc(-n3cccn3)nn2)CC1. The van der Waals surface area contributed by atoms with Gasteiger partial charge in [0.05, 0.1) is 0 Å². The molecule has 1 aliphatic carbocycles. The number of hydrogen-bond donors (Lipinski definition) is 0. The summed E-state index contributed by atoms with van der Waals surface area (Å²) in [5, 5.41) is 12.4. The van der Waals surface area contributed by atoms with E-state index in [1.54, 1.807) is 10.9 Å². The summed E-state index contributed by atoms with van der Waals surface area (Å²) in [5.41, 5.74) is 0. The summed E-state index contributed by atoms with van der Waals surface area (Å²) < 4.78 is 7.56. The molecule has 2 aromatic heterocycles. The number of likely N-dealkylation sites (tertiary alicyclic amines) is 1. The van der Waals surface area contributed by atoms with E-state index in [-0.39, 0.29) is 6.10 Å². The Hall–Kier alpha value is -2.44. The van der Waals surface area contributed by atoms with E-state index in [2.05, 4.69) is 15.3 Å². The number of rotatable bonds is 5. The van der Waals surface area contributed by atoms with Crippen LogP contribution < -0.4 is 4.74 Å². The van der Waals surface area contributed by atoms with Crippen LogP contribution in [0.4, 0.5) is 0 Å². The average molecular weight is 327 g/mol. The Kier molecular flexibility index (Phi) is 4.15. The van der Waals surface area contributed by atoms with Crippen molar-refractivity contribution < 1.29 is 9.53 Å². The number of carbonyl (C=O) groups is 1. The highest BCUT2D eigenvalue weighted by atomic mass is 16.5. The highest BCUT2D eigenvalue weighted by Gasteiger charge is 2.29. The summed E-state index contributed by atoms with van der Waals surface area (Å²) >= 11 is 0. The lowest BCUT2D eigenvalue weighted by atomic mass is 10.1. The summed E-state index contributed by atoms with van der Waals surface area (Å²) in [6.45, 7) is 1.55. The summed E-state index contributed by atoms with van der Waals surface area (Å²) in [6, 6.07) is 5.49. The molecule has 24 heavy (non-hydrogen) atoms. The fourth-order valence-electron chi connectivity index (χ4n) is 2.99. The molecule has 0 unspecified atom stereocenters. The van der Waals surface area contributed by atoms with Crippen LogP contribution in [-0.4, -0.2) is 50.0 Å². The van der Waals surface area contributed by atoms with Gasteiger partial charge in [0.1, 0.15) is 6.10 Å². The first-order valence-electron chi connectivity index (χ1n) is 8.56. The highest BCUT2D eigenvalue weighted by Crippen LogP contribution is 2.33. The molecule has 2 aliphatic rings. The van der Waals surface area contributed by atoms with Gasteiger partial charge < -0.3 is 9.64 Å². The normalized spacial score (nSPS) is 18.6. The van der Waals surface area contributed by atoms with Crippen molar-refractivity contribution in [3.8, 4) is 11.7 Å². The Balaban J connectivity index is 1.28. The van der Waals surface area contributed by atoms with Gasteiger partial charge in [0.25, 0.3) is 0 Å². The largest absolute Gasteiger partial charge is 0.473 e. The van der Waals surface area contributed by atoms with Crippen molar-refractivity contribution in [1.82, 2.24) is 24.9 Å². The summed E-state index contributed by atoms with van der Waals surface area (Å²) in [5.74, 6) is 2.14. The number of piperidine rings is 1. The molecular formula is C17H21N5O2. The maximum Gasteiger partial charge on any atom is 0.233 e. The van der Waals surface area contributed by atoms with Gasteiger partial charge in [-0.25, -0.2) is 4.68 Å². The van der Waals surface area contributed by atoms with Gasteiger partial charge in [-0.1, -0.05) is 0 Å². The quantitative estimate of drug-likeness (QED) is 0.838. The Bertz CT molecular complexity index is 674. The maximum absolute atomic E-state index is 12.1. The minimum absolute atomic E-state index is 0.0971. The van der Waals surface area contributed by atoms with E-state index in [1.165, 1.54) is 12.8 Å². The molecule has 1 aliphatic heterocycles. The van der Waals surface area contributed by atoms with Gasteiger partial charge in [-0.3, -0.25) is 4.79 Å². The second kappa shape index (κ2) is 6.59. The predicted octanol–water partition coefficient (Wildman–Crippen LogP) is 1.83. The number of hydrogen-bond acceptors (Lipinski definition) is 5. The minimum atomic E-state index is 0.0971. The van der Waals surface area contributed by atoms with Crippen molar-refractivity contribution in [3.63, 3.8) is 0 Å². The minimum Gasteiger partial charge on any atom is -0.473 e. The molecule has 7 heteroatoms. The topological polar surface area (TPSA) is 73.1 Å². The first-order valence-corrected chi connectivity index (χ1v) is 8.56. The maximum atomic E-state index is 12.1. The Labute approximate surface area is 140 Å². The molecule has 4 rings (SSSR count). The van der Waals surface area contributed by atoms with Gasteiger partial charge in [-0.05, 0) is 30.9 Å². The van der Waals surface area contributed by atoms with Crippen LogP contribution in [0.3, 0.4) is 0 Å². The van der Waals surface area contributed by atoms with Crippen molar-refractivity contribution in [1.29, 1.82) is 0 Å². The molecule has 3 heterocycles. The van der Waals surface area contributed by atoms with E-state index in [1.807, 2.05) is 29.3 Å². The standard InChI is InChI=1S/C17H21N5O2/c23-17(12-13-2-3-13)21-10-6-14(7-11-21)24-16-5-4-15(19-20-16)22-9-1-8-18-22/h1,4-5,8-9,13-14H,2-3,6-7,10-12H2. The number of carbonyl (C=O) groups excluding carboxylic acids is 1. The van der Waals surface area contributed by atoms with Crippen LogP contribution in [0, 0.1) is 5.92 Å². The third-order valence-electron chi connectivity index (χ3n) is 4.61. The zero-order valence-electron chi connectivity index (χ0n) is 13.5.